The van der Waals surface area contributed by atoms with Gasteiger partial charge in [-0.15, -0.1) is 0 Å². The van der Waals surface area contributed by atoms with Gasteiger partial charge in [0.2, 0.25) is 10.0 Å². The zero-order valence-electron chi connectivity index (χ0n) is 13.3. The maximum absolute atomic E-state index is 12.5. The van der Waals surface area contributed by atoms with Gasteiger partial charge < -0.3 is 5.11 Å². The van der Waals surface area contributed by atoms with E-state index in [1.807, 2.05) is 13.8 Å². The molecule has 0 saturated heterocycles. The first-order valence-corrected chi connectivity index (χ1v) is 9.35. The summed E-state index contributed by atoms with van der Waals surface area (Å²) in [5, 5.41) is 9.13. The van der Waals surface area contributed by atoms with E-state index in [4.69, 9.17) is 5.11 Å². The van der Waals surface area contributed by atoms with E-state index in [2.05, 4.69) is 4.72 Å². The van der Waals surface area contributed by atoms with Crippen molar-refractivity contribution in [2.75, 3.05) is 12.4 Å². The molecular weight excluding hydrogens is 290 g/mol. The Morgan fingerprint density at radius 1 is 1.38 bits per heavy atom. The summed E-state index contributed by atoms with van der Waals surface area (Å²) < 4.78 is 27.6. The summed E-state index contributed by atoms with van der Waals surface area (Å²) in [6.07, 6.45) is 2.14. The van der Waals surface area contributed by atoms with E-state index in [0.29, 0.717) is 18.8 Å². The average Bonchev–Trinajstić information content (AvgIpc) is 2.70. The Labute approximate surface area is 127 Å². The molecule has 0 radical (unpaired) electrons. The number of hydrogen-bond acceptors (Lipinski definition) is 4. The predicted molar refractivity (Wildman–Crippen MR) is 81.2 cm³/mol. The number of sulfonamides is 1. The van der Waals surface area contributed by atoms with Crippen molar-refractivity contribution in [3.8, 4) is 0 Å². The Morgan fingerprint density at radius 2 is 2.00 bits per heavy atom. The molecule has 122 valence electrons. The number of carbonyl (C=O) groups excluding carboxylic acids is 1. The molecule has 0 aromatic heterocycles. The van der Waals surface area contributed by atoms with E-state index in [0.717, 1.165) is 6.42 Å². The van der Waals surface area contributed by atoms with Crippen LogP contribution in [0.4, 0.5) is 0 Å². The van der Waals surface area contributed by atoms with Crippen molar-refractivity contribution >= 4 is 15.8 Å². The van der Waals surface area contributed by atoms with Crippen molar-refractivity contribution < 1.29 is 18.3 Å². The van der Waals surface area contributed by atoms with Gasteiger partial charge in [0.1, 0.15) is 5.78 Å². The highest BCUT2D eigenvalue weighted by atomic mass is 32.2. The van der Waals surface area contributed by atoms with Crippen LogP contribution >= 0.6 is 0 Å². The summed E-state index contributed by atoms with van der Waals surface area (Å²) >= 11 is 0. The molecule has 2 aliphatic rings. The second-order valence-corrected chi connectivity index (χ2v) is 9.25. The fourth-order valence-electron chi connectivity index (χ4n) is 4.03. The van der Waals surface area contributed by atoms with E-state index < -0.39 is 15.4 Å². The molecule has 2 rings (SSSR count). The Morgan fingerprint density at radius 3 is 2.43 bits per heavy atom. The topological polar surface area (TPSA) is 83.5 Å². The number of aliphatic hydroxyl groups is 1. The molecule has 2 bridgehead atoms. The SMILES string of the molecule is CC(CO)C(C)NS(=O)(=O)CC12CCC(CC1=O)C2(C)C. The second-order valence-electron chi connectivity index (χ2n) is 7.49. The summed E-state index contributed by atoms with van der Waals surface area (Å²) in [6, 6.07) is -0.340. The molecule has 2 aliphatic carbocycles. The van der Waals surface area contributed by atoms with Gasteiger partial charge >= 0.3 is 0 Å². The quantitative estimate of drug-likeness (QED) is 0.774. The minimum atomic E-state index is -3.55. The van der Waals surface area contributed by atoms with Crippen molar-refractivity contribution in [3.05, 3.63) is 0 Å². The van der Waals surface area contributed by atoms with Gasteiger partial charge in [0.25, 0.3) is 0 Å². The van der Waals surface area contributed by atoms with Gasteiger partial charge in [-0.1, -0.05) is 20.8 Å². The number of hydrogen-bond donors (Lipinski definition) is 2. The minimum absolute atomic E-state index is 0.0681. The number of nitrogens with one attached hydrogen (secondary N) is 1. The summed E-state index contributed by atoms with van der Waals surface area (Å²) in [6.45, 7) is 7.54. The van der Waals surface area contributed by atoms with Gasteiger partial charge in [0.15, 0.2) is 0 Å². The molecule has 4 unspecified atom stereocenters. The molecule has 2 fully saturated rings. The molecule has 2 saturated carbocycles. The number of fused-ring (bicyclic) bond motifs is 2. The van der Waals surface area contributed by atoms with Gasteiger partial charge in [0, 0.05) is 24.5 Å². The summed E-state index contributed by atoms with van der Waals surface area (Å²) in [4.78, 5) is 12.4. The lowest BCUT2D eigenvalue weighted by atomic mass is 9.70. The van der Waals surface area contributed by atoms with Crippen molar-refractivity contribution in [2.24, 2.45) is 22.7 Å². The molecular formula is C15H27NO4S. The molecule has 21 heavy (non-hydrogen) atoms. The van der Waals surface area contributed by atoms with Gasteiger partial charge in [-0.05, 0) is 37.0 Å². The van der Waals surface area contributed by atoms with Crippen LogP contribution in [-0.2, 0) is 14.8 Å². The highest BCUT2D eigenvalue weighted by Gasteiger charge is 2.65. The van der Waals surface area contributed by atoms with Crippen LogP contribution in [0.1, 0.15) is 47.0 Å². The third-order valence-corrected chi connectivity index (χ3v) is 7.69. The van der Waals surface area contributed by atoms with Crippen LogP contribution in [0, 0.1) is 22.7 Å². The monoisotopic (exact) mass is 317 g/mol. The molecule has 0 aliphatic heterocycles. The molecule has 5 nitrogen and oxygen atoms in total. The van der Waals surface area contributed by atoms with Crippen LogP contribution in [0.5, 0.6) is 0 Å². The standard InChI is InChI=1S/C15H27NO4S/c1-10(8-17)11(2)16-21(19,20)9-15-6-5-12(7-13(15)18)14(15,3)4/h10-12,16-17H,5-9H2,1-4H3. The number of ketones is 1. The van der Waals surface area contributed by atoms with Crippen LogP contribution in [0.15, 0.2) is 0 Å². The fraction of sp³-hybridized carbons (Fsp3) is 0.933. The molecule has 0 heterocycles. The Hall–Kier alpha value is -0.460. The van der Waals surface area contributed by atoms with Gasteiger partial charge in [-0.2, -0.15) is 0 Å². The lowest BCUT2D eigenvalue weighted by molar-refractivity contribution is -0.128. The molecule has 0 spiro atoms. The largest absolute Gasteiger partial charge is 0.396 e. The van der Waals surface area contributed by atoms with Crippen LogP contribution in [0.25, 0.3) is 0 Å². The molecule has 4 atom stereocenters. The Kier molecular flexibility index (Phi) is 4.28. The fourth-order valence-corrected chi connectivity index (χ4v) is 6.24. The normalized spacial score (nSPS) is 34.1. The molecule has 0 amide bonds. The number of aliphatic hydroxyl groups excluding tert-OH is 1. The Balaban J connectivity index is 2.18. The van der Waals surface area contributed by atoms with Crippen molar-refractivity contribution in [3.63, 3.8) is 0 Å². The summed E-state index contributed by atoms with van der Waals surface area (Å²) in [5.41, 5.74) is -0.976. The maximum Gasteiger partial charge on any atom is 0.212 e. The maximum atomic E-state index is 12.5. The van der Waals surface area contributed by atoms with E-state index in [1.165, 1.54) is 0 Å². The van der Waals surface area contributed by atoms with E-state index in [-0.39, 0.29) is 35.5 Å². The molecule has 6 heteroatoms. The molecule has 2 N–H and O–H groups in total. The van der Waals surface area contributed by atoms with Crippen LogP contribution < -0.4 is 4.72 Å². The zero-order chi connectivity index (χ0) is 16.1. The van der Waals surface area contributed by atoms with Crippen molar-refractivity contribution in [2.45, 2.75) is 53.0 Å². The lowest BCUT2D eigenvalue weighted by Crippen LogP contribution is -2.48. The third-order valence-electron chi connectivity index (χ3n) is 6.08. The first kappa shape index (κ1) is 16.9. The lowest BCUT2D eigenvalue weighted by Gasteiger charge is -2.36. The van der Waals surface area contributed by atoms with Crippen LogP contribution in [0.2, 0.25) is 0 Å². The minimum Gasteiger partial charge on any atom is -0.396 e. The first-order valence-electron chi connectivity index (χ1n) is 7.70. The smallest absolute Gasteiger partial charge is 0.212 e. The van der Waals surface area contributed by atoms with Gasteiger partial charge in [0.05, 0.1) is 5.75 Å². The third kappa shape index (κ3) is 2.66. The van der Waals surface area contributed by atoms with E-state index in [9.17, 15) is 13.2 Å². The number of Topliss-reactive ketones (excluding diaryl/α,β-unsaturated/α-hetero) is 1. The van der Waals surface area contributed by atoms with Gasteiger partial charge in [-0.3, -0.25) is 4.79 Å². The van der Waals surface area contributed by atoms with Crippen molar-refractivity contribution in [1.82, 2.24) is 4.72 Å². The van der Waals surface area contributed by atoms with Gasteiger partial charge in [-0.25, -0.2) is 13.1 Å². The van der Waals surface area contributed by atoms with Crippen LogP contribution in [0.3, 0.4) is 0 Å². The zero-order valence-corrected chi connectivity index (χ0v) is 14.2. The average molecular weight is 317 g/mol. The predicted octanol–water partition coefficient (Wildman–Crippen LogP) is 1.32. The molecule has 0 aromatic carbocycles. The number of rotatable bonds is 6. The Bertz CT molecular complexity index is 528. The van der Waals surface area contributed by atoms with E-state index >= 15 is 0 Å². The second kappa shape index (κ2) is 5.32. The number of carbonyl (C=O) groups is 1. The van der Waals surface area contributed by atoms with Crippen molar-refractivity contribution in [1.29, 1.82) is 0 Å². The van der Waals surface area contributed by atoms with Crippen LogP contribution in [-0.4, -0.2) is 37.7 Å². The first-order chi connectivity index (χ1) is 9.56. The molecule has 0 aromatic rings. The van der Waals surface area contributed by atoms with E-state index in [1.54, 1.807) is 13.8 Å². The summed E-state index contributed by atoms with van der Waals surface area (Å²) in [7, 11) is -3.55. The summed E-state index contributed by atoms with van der Waals surface area (Å²) in [5.74, 6) is 0.150. The highest BCUT2D eigenvalue weighted by Crippen LogP contribution is 2.64. The highest BCUT2D eigenvalue weighted by molar-refractivity contribution is 7.89.